The van der Waals surface area contributed by atoms with E-state index in [0.29, 0.717) is 12.2 Å². The van der Waals surface area contributed by atoms with Crippen LogP contribution in [0.25, 0.3) is 0 Å². The molecule has 2 nitrogen and oxygen atoms in total. The van der Waals surface area contributed by atoms with E-state index in [1.807, 2.05) is 13.0 Å². The normalized spacial score (nSPS) is 11.8. The smallest absolute Gasteiger partial charge is 0.126 e. The monoisotopic (exact) mass is 193 g/mol. The maximum atomic E-state index is 12.8. The molecule has 0 saturated carbocycles. The van der Waals surface area contributed by atoms with Crippen LogP contribution < -0.4 is 4.74 Å². The van der Waals surface area contributed by atoms with E-state index < -0.39 is 0 Å². The van der Waals surface area contributed by atoms with Crippen LogP contribution in [0, 0.1) is 17.1 Å². The summed E-state index contributed by atoms with van der Waals surface area (Å²) in [6, 6.07) is 7.98. The fourth-order valence-electron chi connectivity index (χ4n) is 1.10. The molecule has 0 saturated heterocycles. The zero-order chi connectivity index (χ0) is 10.4. The van der Waals surface area contributed by atoms with Crippen molar-refractivity contribution in [3.05, 3.63) is 30.1 Å². The third kappa shape index (κ3) is 3.06. The van der Waals surface area contributed by atoms with Gasteiger partial charge in [0.15, 0.2) is 0 Å². The van der Waals surface area contributed by atoms with Crippen molar-refractivity contribution in [2.45, 2.75) is 25.9 Å². The molecule has 0 N–H and O–H groups in total. The Balaban J connectivity index is 2.63. The molecule has 0 amide bonds. The Kier molecular flexibility index (Phi) is 3.93. The summed E-state index contributed by atoms with van der Waals surface area (Å²) in [5, 5.41) is 8.50. The lowest BCUT2D eigenvalue weighted by molar-refractivity contribution is 0.201. The lowest BCUT2D eigenvalue weighted by atomic mass is 10.2. The lowest BCUT2D eigenvalue weighted by Crippen LogP contribution is -2.14. The first-order chi connectivity index (χ1) is 6.76. The third-order valence-electron chi connectivity index (χ3n) is 1.87. The minimum Gasteiger partial charge on any atom is -0.489 e. The molecule has 0 bridgehead atoms. The maximum absolute atomic E-state index is 12.8. The topological polar surface area (TPSA) is 33.0 Å². The molecule has 0 aliphatic rings. The van der Waals surface area contributed by atoms with Crippen molar-refractivity contribution < 1.29 is 9.13 Å². The highest BCUT2D eigenvalue weighted by molar-refractivity contribution is 5.22. The molecule has 0 heterocycles. The van der Waals surface area contributed by atoms with Gasteiger partial charge in [0, 0.05) is 6.07 Å². The Labute approximate surface area is 82.9 Å². The van der Waals surface area contributed by atoms with Crippen molar-refractivity contribution in [1.82, 2.24) is 0 Å². The van der Waals surface area contributed by atoms with Crippen LogP contribution in [0.4, 0.5) is 4.39 Å². The van der Waals surface area contributed by atoms with Crippen molar-refractivity contribution >= 4 is 0 Å². The Hall–Kier alpha value is -1.56. The zero-order valence-corrected chi connectivity index (χ0v) is 8.03. The predicted molar refractivity (Wildman–Crippen MR) is 51.3 cm³/mol. The van der Waals surface area contributed by atoms with E-state index in [2.05, 4.69) is 0 Å². The van der Waals surface area contributed by atoms with Crippen LogP contribution in [0.2, 0.25) is 0 Å². The van der Waals surface area contributed by atoms with Gasteiger partial charge in [-0.2, -0.15) is 5.26 Å². The van der Waals surface area contributed by atoms with Gasteiger partial charge in [0.05, 0.1) is 12.5 Å². The molecule has 14 heavy (non-hydrogen) atoms. The van der Waals surface area contributed by atoms with Crippen LogP contribution in [0.1, 0.15) is 19.8 Å². The number of halogens is 1. The quantitative estimate of drug-likeness (QED) is 0.736. The van der Waals surface area contributed by atoms with E-state index in [0.717, 1.165) is 6.42 Å². The van der Waals surface area contributed by atoms with Crippen molar-refractivity contribution in [3.63, 3.8) is 0 Å². The highest BCUT2D eigenvalue weighted by Crippen LogP contribution is 2.16. The fourth-order valence-corrected chi connectivity index (χ4v) is 1.10. The second kappa shape index (κ2) is 5.23. The average Bonchev–Trinajstić information content (AvgIpc) is 2.17. The molecule has 1 unspecified atom stereocenters. The number of hydrogen-bond donors (Lipinski definition) is 0. The Morgan fingerprint density at radius 1 is 1.57 bits per heavy atom. The van der Waals surface area contributed by atoms with E-state index in [9.17, 15) is 4.39 Å². The number of nitriles is 1. The van der Waals surface area contributed by atoms with Crippen LogP contribution in [0.15, 0.2) is 24.3 Å². The number of hydrogen-bond acceptors (Lipinski definition) is 2. The maximum Gasteiger partial charge on any atom is 0.126 e. The Morgan fingerprint density at radius 2 is 2.36 bits per heavy atom. The van der Waals surface area contributed by atoms with Gasteiger partial charge in [-0.25, -0.2) is 4.39 Å². The molecule has 0 fully saturated rings. The zero-order valence-electron chi connectivity index (χ0n) is 8.03. The molecule has 1 rings (SSSR count). The van der Waals surface area contributed by atoms with Gasteiger partial charge in [0.25, 0.3) is 0 Å². The summed E-state index contributed by atoms with van der Waals surface area (Å²) >= 11 is 0. The van der Waals surface area contributed by atoms with Crippen LogP contribution >= 0.6 is 0 Å². The van der Waals surface area contributed by atoms with Gasteiger partial charge in [-0.15, -0.1) is 0 Å². The Bertz CT molecular complexity index is 332. The first-order valence-corrected chi connectivity index (χ1v) is 4.55. The number of nitrogens with zero attached hydrogens (tertiary/aromatic N) is 1. The van der Waals surface area contributed by atoms with Crippen LogP contribution in [0.3, 0.4) is 0 Å². The van der Waals surface area contributed by atoms with E-state index in [-0.39, 0.29) is 11.9 Å². The van der Waals surface area contributed by atoms with Gasteiger partial charge in [-0.3, -0.25) is 0 Å². The third-order valence-corrected chi connectivity index (χ3v) is 1.87. The van der Waals surface area contributed by atoms with Crippen molar-refractivity contribution in [2.75, 3.05) is 0 Å². The molecule has 0 aliphatic carbocycles. The second-order valence-corrected chi connectivity index (χ2v) is 2.97. The van der Waals surface area contributed by atoms with Gasteiger partial charge in [-0.1, -0.05) is 13.0 Å². The molecule has 0 radical (unpaired) electrons. The van der Waals surface area contributed by atoms with Gasteiger partial charge < -0.3 is 4.74 Å². The Morgan fingerprint density at radius 3 is 2.93 bits per heavy atom. The second-order valence-electron chi connectivity index (χ2n) is 2.97. The van der Waals surface area contributed by atoms with Crippen LogP contribution in [-0.2, 0) is 0 Å². The van der Waals surface area contributed by atoms with Crippen molar-refractivity contribution in [1.29, 1.82) is 5.26 Å². The molecule has 0 aromatic heterocycles. The highest BCUT2D eigenvalue weighted by atomic mass is 19.1. The first-order valence-electron chi connectivity index (χ1n) is 4.55. The SMILES string of the molecule is CCC(CC#N)Oc1cccc(F)c1. The fraction of sp³-hybridized carbons (Fsp3) is 0.364. The minimum atomic E-state index is -0.325. The summed E-state index contributed by atoms with van der Waals surface area (Å²) in [4.78, 5) is 0. The summed E-state index contributed by atoms with van der Waals surface area (Å²) in [5.74, 6) is 0.154. The van der Waals surface area contributed by atoms with E-state index in [1.165, 1.54) is 12.1 Å². The molecule has 1 aromatic rings. The molecule has 3 heteroatoms. The standard InChI is InChI=1S/C11H12FNO/c1-2-10(6-7-13)14-11-5-3-4-9(12)8-11/h3-5,8,10H,2,6H2,1H3. The number of benzene rings is 1. The highest BCUT2D eigenvalue weighted by Gasteiger charge is 2.07. The molecule has 0 spiro atoms. The van der Waals surface area contributed by atoms with Crippen molar-refractivity contribution in [2.24, 2.45) is 0 Å². The van der Waals surface area contributed by atoms with Crippen LogP contribution in [-0.4, -0.2) is 6.10 Å². The molecule has 1 atom stereocenters. The summed E-state index contributed by atoms with van der Waals surface area (Å²) in [5.41, 5.74) is 0. The van der Waals surface area contributed by atoms with Crippen LogP contribution in [0.5, 0.6) is 5.75 Å². The lowest BCUT2D eigenvalue weighted by Gasteiger charge is -2.14. The van der Waals surface area contributed by atoms with Gasteiger partial charge in [0.2, 0.25) is 0 Å². The van der Waals surface area contributed by atoms with Gasteiger partial charge in [0.1, 0.15) is 17.7 Å². The minimum absolute atomic E-state index is 0.151. The summed E-state index contributed by atoms with van der Waals surface area (Å²) in [6.07, 6.45) is 0.915. The number of ether oxygens (including phenoxy) is 1. The molecule has 74 valence electrons. The molecule has 1 aromatic carbocycles. The first kappa shape index (κ1) is 10.5. The van der Waals surface area contributed by atoms with Crippen molar-refractivity contribution in [3.8, 4) is 11.8 Å². The predicted octanol–water partition coefficient (Wildman–Crippen LogP) is 2.90. The van der Waals surface area contributed by atoms with Gasteiger partial charge in [-0.05, 0) is 18.6 Å². The molecule has 0 aliphatic heterocycles. The molecular weight excluding hydrogens is 181 g/mol. The van der Waals surface area contributed by atoms with E-state index in [4.69, 9.17) is 10.00 Å². The summed E-state index contributed by atoms with van der Waals surface area (Å²) < 4.78 is 18.2. The van der Waals surface area contributed by atoms with E-state index >= 15 is 0 Å². The number of rotatable bonds is 4. The van der Waals surface area contributed by atoms with Gasteiger partial charge >= 0.3 is 0 Å². The molecular formula is C11H12FNO. The van der Waals surface area contributed by atoms with E-state index in [1.54, 1.807) is 12.1 Å². The largest absolute Gasteiger partial charge is 0.489 e. The summed E-state index contributed by atoms with van der Waals surface area (Å²) in [7, 11) is 0. The average molecular weight is 193 g/mol. The summed E-state index contributed by atoms with van der Waals surface area (Å²) in [6.45, 7) is 1.93.